The van der Waals surface area contributed by atoms with E-state index in [1.54, 1.807) is 0 Å². The Balaban J connectivity index is 4.65. The normalized spacial score (nSPS) is 13.4. The summed E-state index contributed by atoms with van der Waals surface area (Å²) in [5.74, 6) is -1.13. The van der Waals surface area contributed by atoms with Gasteiger partial charge in [-0.2, -0.15) is 0 Å². The standard InChI is InChI=1S/C56H84O6/c1-4-7-10-13-16-19-22-24-26-28-30-31-34-37-40-43-46-49-55(58)61-52-53(51-60-54(57)48-45-42-39-36-33-21-18-15-12-9-6-3)62-56(59)50-47-44-41-38-35-32-29-27-25-23-20-17-14-11-8-5-2/h7-8,10-11,15-21,24-27,30-33,35,37,40-41,44,53H,4-6,9,12-14,22-23,28-29,34,36,38-39,42-43,45-52H2,1-3H3/b10-7-,11-8-,18-15-,19-16-,20-17-,26-24-,27-25-,31-30-,33-21-,35-32-,40-37-,44-41-. The molecule has 0 fully saturated rings. The molecule has 62 heavy (non-hydrogen) atoms. The molecule has 0 amide bonds. The molecule has 1 unspecified atom stereocenters. The van der Waals surface area contributed by atoms with Gasteiger partial charge in [-0.1, -0.05) is 186 Å². The maximum atomic E-state index is 12.7. The Kier molecular flexibility index (Phi) is 45.2. The summed E-state index contributed by atoms with van der Waals surface area (Å²) in [6, 6.07) is 0. The van der Waals surface area contributed by atoms with Crippen molar-refractivity contribution in [2.24, 2.45) is 0 Å². The van der Waals surface area contributed by atoms with E-state index in [0.717, 1.165) is 103 Å². The number of allylic oxidation sites excluding steroid dienone is 24. The van der Waals surface area contributed by atoms with E-state index in [0.29, 0.717) is 19.3 Å². The van der Waals surface area contributed by atoms with Crippen molar-refractivity contribution >= 4 is 17.9 Å². The molecule has 0 spiro atoms. The van der Waals surface area contributed by atoms with E-state index in [9.17, 15) is 14.4 Å². The van der Waals surface area contributed by atoms with E-state index in [2.05, 4.69) is 154 Å². The van der Waals surface area contributed by atoms with Gasteiger partial charge in [0.15, 0.2) is 6.10 Å². The SMILES string of the molecule is CC/C=C\C/C=C\C/C=C\C/C=C\C/C=C\CCCC(=O)OCC(COC(=O)CCCCC/C=C\C=C/CCCC)OC(=O)CC/C=C\C/C=C\C/C=C\C/C=C\C/C=C\CC. The third kappa shape index (κ3) is 46.4. The quantitative estimate of drug-likeness (QED) is 0.0201. The molecule has 0 aromatic carbocycles. The van der Waals surface area contributed by atoms with Crippen LogP contribution >= 0.6 is 0 Å². The topological polar surface area (TPSA) is 78.9 Å². The van der Waals surface area contributed by atoms with Gasteiger partial charge in [0, 0.05) is 19.3 Å². The first-order valence-corrected chi connectivity index (χ1v) is 23.9. The van der Waals surface area contributed by atoms with Crippen molar-refractivity contribution in [3.05, 3.63) is 146 Å². The molecule has 0 saturated heterocycles. The van der Waals surface area contributed by atoms with Crippen LogP contribution in [0.5, 0.6) is 0 Å². The van der Waals surface area contributed by atoms with Crippen molar-refractivity contribution in [3.8, 4) is 0 Å². The van der Waals surface area contributed by atoms with Crippen LogP contribution in [0.1, 0.15) is 168 Å². The highest BCUT2D eigenvalue weighted by atomic mass is 16.6. The molecule has 0 aliphatic heterocycles. The highest BCUT2D eigenvalue weighted by Gasteiger charge is 2.19. The van der Waals surface area contributed by atoms with Crippen LogP contribution in [-0.2, 0) is 28.6 Å². The van der Waals surface area contributed by atoms with E-state index in [-0.39, 0.29) is 38.0 Å². The second-order valence-electron chi connectivity index (χ2n) is 14.9. The first kappa shape index (κ1) is 57.3. The van der Waals surface area contributed by atoms with E-state index in [1.165, 1.54) is 12.8 Å². The molecule has 0 saturated carbocycles. The van der Waals surface area contributed by atoms with E-state index < -0.39 is 12.1 Å². The van der Waals surface area contributed by atoms with Crippen molar-refractivity contribution in [1.29, 1.82) is 0 Å². The first-order chi connectivity index (χ1) is 30.5. The Labute approximate surface area is 378 Å². The number of ether oxygens (including phenoxy) is 3. The number of hydrogen-bond donors (Lipinski definition) is 0. The molecule has 1 atom stereocenters. The Hall–Kier alpha value is -4.71. The van der Waals surface area contributed by atoms with Gasteiger partial charge in [0.1, 0.15) is 13.2 Å². The molecule has 344 valence electrons. The molecular formula is C56H84O6. The number of rotatable bonds is 40. The zero-order valence-electron chi connectivity index (χ0n) is 39.1. The van der Waals surface area contributed by atoms with E-state index >= 15 is 0 Å². The van der Waals surface area contributed by atoms with Crippen LogP contribution in [-0.4, -0.2) is 37.2 Å². The van der Waals surface area contributed by atoms with E-state index in [1.807, 2.05) is 12.2 Å². The number of unbranched alkanes of at least 4 members (excludes halogenated alkanes) is 6. The van der Waals surface area contributed by atoms with E-state index in [4.69, 9.17) is 14.2 Å². The van der Waals surface area contributed by atoms with Crippen LogP contribution in [0.25, 0.3) is 0 Å². The second-order valence-corrected chi connectivity index (χ2v) is 14.9. The fourth-order valence-electron chi connectivity index (χ4n) is 5.56. The smallest absolute Gasteiger partial charge is 0.306 e. The van der Waals surface area contributed by atoms with Crippen LogP contribution in [0, 0.1) is 0 Å². The van der Waals surface area contributed by atoms with Gasteiger partial charge in [0.25, 0.3) is 0 Å². The van der Waals surface area contributed by atoms with Crippen LogP contribution in [0.4, 0.5) is 0 Å². The van der Waals surface area contributed by atoms with Gasteiger partial charge >= 0.3 is 17.9 Å². The molecule has 0 heterocycles. The minimum absolute atomic E-state index is 0.146. The maximum absolute atomic E-state index is 12.7. The fourth-order valence-corrected chi connectivity index (χ4v) is 5.56. The summed E-state index contributed by atoms with van der Waals surface area (Å²) in [5.41, 5.74) is 0. The lowest BCUT2D eigenvalue weighted by atomic mass is 10.1. The van der Waals surface area contributed by atoms with Gasteiger partial charge in [-0.25, -0.2) is 0 Å². The van der Waals surface area contributed by atoms with Crippen LogP contribution in [0.15, 0.2) is 146 Å². The van der Waals surface area contributed by atoms with Crippen molar-refractivity contribution < 1.29 is 28.6 Å². The third-order valence-corrected chi connectivity index (χ3v) is 9.10. The van der Waals surface area contributed by atoms with Gasteiger partial charge in [-0.05, 0) is 109 Å². The molecule has 0 aromatic rings. The molecule has 0 bridgehead atoms. The minimum atomic E-state index is -0.856. The molecule has 0 aliphatic rings. The van der Waals surface area contributed by atoms with Gasteiger partial charge in [0.05, 0.1) is 0 Å². The van der Waals surface area contributed by atoms with Crippen LogP contribution in [0.3, 0.4) is 0 Å². The summed E-state index contributed by atoms with van der Waals surface area (Å²) < 4.78 is 16.6. The van der Waals surface area contributed by atoms with Crippen molar-refractivity contribution in [3.63, 3.8) is 0 Å². The van der Waals surface area contributed by atoms with Crippen molar-refractivity contribution in [1.82, 2.24) is 0 Å². The maximum Gasteiger partial charge on any atom is 0.306 e. The number of hydrogen-bond acceptors (Lipinski definition) is 6. The van der Waals surface area contributed by atoms with Gasteiger partial charge in [0.2, 0.25) is 0 Å². The molecule has 0 aliphatic carbocycles. The van der Waals surface area contributed by atoms with Crippen LogP contribution in [0.2, 0.25) is 0 Å². The summed E-state index contributed by atoms with van der Waals surface area (Å²) in [6.07, 6.45) is 69.9. The Morgan fingerprint density at radius 3 is 1.16 bits per heavy atom. The molecule has 6 heteroatoms. The first-order valence-electron chi connectivity index (χ1n) is 23.9. The van der Waals surface area contributed by atoms with Gasteiger partial charge < -0.3 is 14.2 Å². The third-order valence-electron chi connectivity index (χ3n) is 9.10. The molecular weight excluding hydrogens is 769 g/mol. The van der Waals surface area contributed by atoms with Crippen molar-refractivity contribution in [2.75, 3.05) is 13.2 Å². The number of carbonyl (C=O) groups excluding carboxylic acids is 3. The second kappa shape index (κ2) is 49.0. The average molecular weight is 853 g/mol. The predicted octanol–water partition coefficient (Wildman–Crippen LogP) is 15.7. The molecule has 0 radical (unpaired) electrons. The lowest BCUT2D eigenvalue weighted by Crippen LogP contribution is -2.30. The monoisotopic (exact) mass is 853 g/mol. The van der Waals surface area contributed by atoms with Gasteiger partial charge in [-0.3, -0.25) is 14.4 Å². The molecule has 6 nitrogen and oxygen atoms in total. The summed E-state index contributed by atoms with van der Waals surface area (Å²) in [7, 11) is 0. The lowest BCUT2D eigenvalue weighted by Gasteiger charge is -2.18. The summed E-state index contributed by atoms with van der Waals surface area (Å²) in [4.78, 5) is 37.8. The number of carbonyl (C=O) groups is 3. The Morgan fingerprint density at radius 1 is 0.355 bits per heavy atom. The average Bonchev–Trinajstić information content (AvgIpc) is 3.27. The molecule has 0 rings (SSSR count). The highest BCUT2D eigenvalue weighted by Crippen LogP contribution is 2.09. The zero-order chi connectivity index (χ0) is 45.1. The van der Waals surface area contributed by atoms with Gasteiger partial charge in [-0.15, -0.1) is 0 Å². The van der Waals surface area contributed by atoms with Crippen LogP contribution < -0.4 is 0 Å². The summed E-state index contributed by atoms with van der Waals surface area (Å²) in [5, 5.41) is 0. The zero-order valence-corrected chi connectivity index (χ0v) is 39.1. The summed E-state index contributed by atoms with van der Waals surface area (Å²) >= 11 is 0. The molecule has 0 N–H and O–H groups in total. The predicted molar refractivity (Wildman–Crippen MR) is 265 cm³/mol. The number of esters is 3. The molecule has 0 aromatic heterocycles. The highest BCUT2D eigenvalue weighted by molar-refractivity contribution is 5.71. The Morgan fingerprint density at radius 2 is 0.726 bits per heavy atom. The summed E-state index contributed by atoms with van der Waals surface area (Å²) in [6.45, 7) is 6.18. The van der Waals surface area contributed by atoms with Crippen molar-refractivity contribution in [2.45, 2.75) is 175 Å². The fraction of sp³-hybridized carbons (Fsp3) is 0.518. The minimum Gasteiger partial charge on any atom is -0.462 e. The lowest BCUT2D eigenvalue weighted by molar-refractivity contribution is -0.166. The Bertz CT molecular complexity index is 1440. The largest absolute Gasteiger partial charge is 0.462 e.